The lowest BCUT2D eigenvalue weighted by atomic mass is 9.84. The van der Waals surface area contributed by atoms with E-state index in [2.05, 4.69) is 47.8 Å². The van der Waals surface area contributed by atoms with Crippen LogP contribution >= 0.6 is 23.3 Å². The summed E-state index contributed by atoms with van der Waals surface area (Å²) in [6, 6.07) is 10.0. The molecule has 0 bridgehead atoms. The molecule has 1 fully saturated rings. The van der Waals surface area contributed by atoms with E-state index < -0.39 is 7.37 Å². The quantitative estimate of drug-likeness (QED) is 0.388. The average Bonchev–Trinajstić information content (AvgIpc) is 3.50. The highest BCUT2D eigenvalue weighted by molar-refractivity contribution is 9.10. The lowest BCUT2D eigenvalue weighted by Crippen LogP contribution is -2.20. The van der Waals surface area contributed by atoms with Crippen molar-refractivity contribution in [1.82, 2.24) is 4.98 Å². The van der Waals surface area contributed by atoms with Gasteiger partial charge in [-0.2, -0.15) is 0 Å². The Balaban J connectivity index is 1.75. The van der Waals surface area contributed by atoms with Crippen molar-refractivity contribution in [3.05, 3.63) is 57.7 Å². The zero-order chi connectivity index (χ0) is 22.8. The molecule has 3 rings (SSSR count). The lowest BCUT2D eigenvalue weighted by Gasteiger charge is -2.30. The third-order valence-electron chi connectivity index (χ3n) is 5.67. The van der Waals surface area contributed by atoms with E-state index in [0.29, 0.717) is 24.6 Å². The summed E-state index contributed by atoms with van der Waals surface area (Å²) in [5.74, 6) is 1.10. The third-order valence-corrected chi connectivity index (χ3v) is 7.46. The molecule has 7 heteroatoms. The maximum Gasteiger partial charge on any atom is 0.213 e. The first-order valence-electron chi connectivity index (χ1n) is 10.7. The van der Waals surface area contributed by atoms with Crippen molar-refractivity contribution in [1.29, 1.82) is 0 Å². The van der Waals surface area contributed by atoms with Crippen LogP contribution in [0.4, 0.5) is 0 Å². The van der Waals surface area contributed by atoms with Crippen LogP contribution in [0.15, 0.2) is 41.0 Å². The molecule has 31 heavy (non-hydrogen) atoms. The van der Waals surface area contributed by atoms with Crippen LogP contribution in [0.2, 0.25) is 0 Å². The molecule has 170 valence electrons. The van der Waals surface area contributed by atoms with Crippen molar-refractivity contribution in [2.45, 2.75) is 52.2 Å². The maximum absolute atomic E-state index is 12.0. The summed E-state index contributed by atoms with van der Waals surface area (Å²) in [5, 5.41) is 0. The lowest BCUT2D eigenvalue weighted by molar-refractivity contribution is 0.0146. The first kappa shape index (κ1) is 24.4. The molecule has 5 nitrogen and oxygen atoms in total. The van der Waals surface area contributed by atoms with E-state index >= 15 is 0 Å². The van der Waals surface area contributed by atoms with Crippen molar-refractivity contribution in [3.63, 3.8) is 0 Å². The maximum atomic E-state index is 12.0. The van der Waals surface area contributed by atoms with Crippen molar-refractivity contribution >= 4 is 23.3 Å². The first-order valence-corrected chi connectivity index (χ1v) is 13.8. The molecular weight excluding hydrogens is 477 g/mol. The molecule has 0 saturated heterocycles. The average molecular weight is 510 g/mol. The molecule has 1 aromatic heterocycles. The smallest absolute Gasteiger partial charge is 0.213 e. The Labute approximate surface area is 194 Å². The molecule has 3 atom stereocenters. The van der Waals surface area contributed by atoms with Crippen LogP contribution in [-0.4, -0.2) is 29.8 Å². The van der Waals surface area contributed by atoms with Crippen LogP contribution in [0.5, 0.6) is 5.88 Å². The van der Waals surface area contributed by atoms with Crippen LogP contribution in [-0.2, 0) is 15.9 Å². The molecule has 0 radical (unpaired) electrons. The highest BCUT2D eigenvalue weighted by Gasteiger charge is 2.35. The zero-order valence-electron chi connectivity index (χ0n) is 19.0. The van der Waals surface area contributed by atoms with Gasteiger partial charge in [0.2, 0.25) is 5.88 Å². The van der Waals surface area contributed by atoms with Crippen molar-refractivity contribution in [2.24, 2.45) is 11.3 Å². The molecular formula is C24H33BrNO4P. The van der Waals surface area contributed by atoms with E-state index in [0.717, 1.165) is 34.0 Å². The van der Waals surface area contributed by atoms with Gasteiger partial charge in [0.15, 0.2) is 7.37 Å². The molecule has 0 amide bonds. The second-order valence-electron chi connectivity index (χ2n) is 9.73. The van der Waals surface area contributed by atoms with Gasteiger partial charge in [0.25, 0.3) is 0 Å². The fraction of sp³-hybridized carbons (Fsp3) is 0.542. The Hall–Kier alpha value is -1.20. The van der Waals surface area contributed by atoms with Gasteiger partial charge in [-0.3, -0.25) is 4.57 Å². The molecule has 1 N–H and O–H groups in total. The van der Waals surface area contributed by atoms with Gasteiger partial charge in [-0.25, -0.2) is 4.98 Å². The number of hydrogen-bond donors (Lipinski definition) is 1. The summed E-state index contributed by atoms with van der Waals surface area (Å²) in [6.45, 7) is 8.30. The summed E-state index contributed by atoms with van der Waals surface area (Å²) < 4.78 is 24.8. The Bertz CT molecular complexity index is 949. The SMILES string of the molecule is CO[C@H](c1cc(COc2cc([C@@H](CP(C)(=O)O)C3CC3)ccn2)ccc1Br)C(C)(C)C. The fourth-order valence-corrected chi connectivity index (χ4v) is 5.81. The summed E-state index contributed by atoms with van der Waals surface area (Å²) in [7, 11) is -1.36. The van der Waals surface area contributed by atoms with E-state index in [1.807, 2.05) is 24.3 Å². The molecule has 1 unspecified atom stereocenters. The summed E-state index contributed by atoms with van der Waals surface area (Å²) in [6.07, 6.45) is 4.21. The Morgan fingerprint density at radius 2 is 1.97 bits per heavy atom. The standard InChI is InChI=1S/C24H33BrNO4P/c1-24(2,3)23(29-4)19-12-16(6-9-21(19)25)14-30-22-13-18(10-11-26-22)20(17-7-8-17)15-31(5,27)28/h6,9-13,17,20,23H,7-8,14-15H2,1-5H3,(H,27,28)/t20-,23+/m0/s1. The van der Waals surface area contributed by atoms with Crippen LogP contribution in [0, 0.1) is 11.3 Å². The summed E-state index contributed by atoms with van der Waals surface area (Å²) in [5.41, 5.74) is 3.11. The molecule has 1 aromatic carbocycles. The molecule has 1 aliphatic rings. The van der Waals surface area contributed by atoms with Gasteiger partial charge in [0.05, 0.1) is 6.10 Å². The first-order chi connectivity index (χ1) is 14.5. The van der Waals surface area contributed by atoms with Crippen LogP contribution in [0.25, 0.3) is 0 Å². The van der Waals surface area contributed by atoms with Crippen molar-refractivity contribution in [2.75, 3.05) is 19.9 Å². The highest BCUT2D eigenvalue weighted by atomic mass is 79.9. The Morgan fingerprint density at radius 1 is 1.26 bits per heavy atom. The number of pyridine rings is 1. The minimum atomic E-state index is -3.09. The van der Waals surface area contributed by atoms with Crippen molar-refractivity contribution in [3.8, 4) is 5.88 Å². The summed E-state index contributed by atoms with van der Waals surface area (Å²) >= 11 is 3.65. The van der Waals surface area contributed by atoms with Gasteiger partial charge in [0.1, 0.15) is 6.61 Å². The molecule has 1 heterocycles. The molecule has 1 aliphatic carbocycles. The minimum absolute atomic E-state index is 0.0458. The predicted octanol–water partition coefficient (Wildman–Crippen LogP) is 6.55. The zero-order valence-corrected chi connectivity index (χ0v) is 21.4. The molecule has 2 aromatic rings. The van der Waals surface area contributed by atoms with Gasteiger partial charge >= 0.3 is 0 Å². The Morgan fingerprint density at radius 3 is 2.55 bits per heavy atom. The number of methoxy groups -OCH3 is 1. The van der Waals surface area contributed by atoms with Crippen LogP contribution in [0.3, 0.4) is 0 Å². The normalized spacial score (nSPS) is 18.3. The van der Waals surface area contributed by atoms with Gasteiger partial charge < -0.3 is 14.4 Å². The Kier molecular flexibility index (Phi) is 7.68. The van der Waals surface area contributed by atoms with Gasteiger partial charge in [0, 0.05) is 36.7 Å². The van der Waals surface area contributed by atoms with Crippen LogP contribution < -0.4 is 4.74 Å². The number of halogens is 1. The minimum Gasteiger partial charge on any atom is -0.473 e. The van der Waals surface area contributed by atoms with E-state index in [4.69, 9.17) is 9.47 Å². The fourth-order valence-electron chi connectivity index (χ4n) is 4.11. The highest BCUT2D eigenvalue weighted by Crippen LogP contribution is 2.50. The van der Waals surface area contributed by atoms with E-state index in [-0.39, 0.29) is 17.4 Å². The largest absolute Gasteiger partial charge is 0.473 e. The summed E-state index contributed by atoms with van der Waals surface area (Å²) in [4.78, 5) is 14.3. The van der Waals surface area contributed by atoms with Gasteiger partial charge in [-0.15, -0.1) is 0 Å². The number of rotatable bonds is 9. The number of ether oxygens (including phenoxy) is 2. The second-order valence-corrected chi connectivity index (χ2v) is 13.1. The topological polar surface area (TPSA) is 68.7 Å². The van der Waals surface area contributed by atoms with E-state index in [9.17, 15) is 9.46 Å². The molecule has 0 aliphatic heterocycles. The number of aromatic nitrogens is 1. The van der Waals surface area contributed by atoms with Gasteiger partial charge in [-0.1, -0.05) is 42.8 Å². The monoisotopic (exact) mass is 509 g/mol. The molecule has 0 spiro atoms. The predicted molar refractivity (Wildman–Crippen MR) is 128 cm³/mol. The van der Waals surface area contributed by atoms with Crippen molar-refractivity contribution < 1.29 is 18.9 Å². The van der Waals surface area contributed by atoms with E-state index in [1.54, 1.807) is 13.3 Å². The number of benzene rings is 1. The second kappa shape index (κ2) is 9.74. The number of nitrogens with zero attached hydrogens (tertiary/aromatic N) is 1. The molecule has 1 saturated carbocycles. The van der Waals surface area contributed by atoms with Crippen LogP contribution in [0.1, 0.15) is 62.3 Å². The third kappa shape index (κ3) is 6.89. The van der Waals surface area contributed by atoms with Gasteiger partial charge in [-0.05, 0) is 65.0 Å². The van der Waals surface area contributed by atoms with E-state index in [1.165, 1.54) is 6.66 Å². The number of hydrogen-bond acceptors (Lipinski definition) is 4.